The quantitative estimate of drug-likeness (QED) is 0.729. The normalized spacial score (nSPS) is 30.9. The molecular weight excluding hydrogens is 174 g/mol. The summed E-state index contributed by atoms with van der Waals surface area (Å²) in [4.78, 5) is 4.49. The van der Waals surface area contributed by atoms with Gasteiger partial charge in [0.25, 0.3) is 0 Å². The van der Waals surface area contributed by atoms with Gasteiger partial charge < -0.3 is 9.88 Å². The molecule has 0 unspecified atom stereocenters. The Morgan fingerprint density at radius 1 is 1.50 bits per heavy atom. The molecule has 76 valence electrons. The minimum absolute atomic E-state index is 0.749. The number of imidazole rings is 1. The molecule has 1 N–H and O–H groups in total. The third-order valence-corrected chi connectivity index (χ3v) is 3.56. The second-order valence-electron chi connectivity index (χ2n) is 4.70. The third-order valence-electron chi connectivity index (χ3n) is 3.56. The lowest BCUT2D eigenvalue weighted by molar-refractivity contribution is 0.211. The fourth-order valence-electron chi connectivity index (χ4n) is 2.66. The summed E-state index contributed by atoms with van der Waals surface area (Å²) in [5.41, 5.74) is 2.76. The highest BCUT2D eigenvalue weighted by Gasteiger charge is 2.29. The summed E-state index contributed by atoms with van der Waals surface area (Å²) in [6, 6.07) is 0.749. The van der Waals surface area contributed by atoms with Gasteiger partial charge in [-0.1, -0.05) is 6.92 Å². The van der Waals surface area contributed by atoms with Crippen LogP contribution >= 0.6 is 0 Å². The number of fused-ring (bicyclic) bond motifs is 1. The molecule has 1 aromatic heterocycles. The Labute approximate surface area is 84.5 Å². The molecule has 3 heteroatoms. The van der Waals surface area contributed by atoms with E-state index < -0.39 is 0 Å². The number of nitrogens with zero attached hydrogens (tertiary/aromatic N) is 2. The van der Waals surface area contributed by atoms with Crippen molar-refractivity contribution in [3.05, 3.63) is 17.7 Å². The van der Waals surface area contributed by atoms with E-state index in [0.29, 0.717) is 0 Å². The second kappa shape index (κ2) is 3.09. The van der Waals surface area contributed by atoms with Gasteiger partial charge in [-0.05, 0) is 18.8 Å². The van der Waals surface area contributed by atoms with Crippen LogP contribution in [0.1, 0.15) is 37.2 Å². The molecule has 1 aromatic rings. The van der Waals surface area contributed by atoms with Crippen molar-refractivity contribution in [2.45, 2.75) is 38.8 Å². The van der Waals surface area contributed by atoms with Crippen LogP contribution in [0.5, 0.6) is 0 Å². The zero-order valence-electron chi connectivity index (χ0n) is 8.66. The van der Waals surface area contributed by atoms with Crippen molar-refractivity contribution in [2.24, 2.45) is 5.92 Å². The summed E-state index contributed by atoms with van der Waals surface area (Å²) in [5.74, 6) is 0.916. The van der Waals surface area contributed by atoms with E-state index in [1.807, 2.05) is 6.33 Å². The Hall–Kier alpha value is -0.830. The summed E-state index contributed by atoms with van der Waals surface area (Å²) in [5, 5.41) is 3.36. The molecule has 14 heavy (non-hydrogen) atoms. The molecule has 0 aromatic carbocycles. The molecule has 1 aliphatic carbocycles. The highest BCUT2D eigenvalue weighted by molar-refractivity contribution is 5.17. The summed E-state index contributed by atoms with van der Waals surface area (Å²) in [6.45, 7) is 4.41. The molecule has 3 nitrogen and oxygen atoms in total. The van der Waals surface area contributed by atoms with E-state index >= 15 is 0 Å². The minimum atomic E-state index is 0.749. The molecule has 1 aliphatic heterocycles. The number of hydrogen-bond acceptors (Lipinski definition) is 2. The van der Waals surface area contributed by atoms with Gasteiger partial charge in [-0.25, -0.2) is 4.98 Å². The smallest absolute Gasteiger partial charge is 0.0954 e. The van der Waals surface area contributed by atoms with E-state index in [9.17, 15) is 0 Å². The predicted molar refractivity (Wildman–Crippen MR) is 55.1 cm³/mol. The van der Waals surface area contributed by atoms with Crippen molar-refractivity contribution < 1.29 is 0 Å². The molecular formula is C11H17N3. The van der Waals surface area contributed by atoms with Crippen molar-refractivity contribution in [3.8, 4) is 0 Å². The summed E-state index contributed by atoms with van der Waals surface area (Å²) < 4.78 is 2.43. The number of hydrogen-bond donors (Lipinski definition) is 1. The molecule has 0 amide bonds. The van der Waals surface area contributed by atoms with Crippen molar-refractivity contribution in [2.75, 3.05) is 6.54 Å². The van der Waals surface area contributed by atoms with Gasteiger partial charge in [-0.15, -0.1) is 0 Å². The highest BCUT2D eigenvalue weighted by Crippen LogP contribution is 2.38. The average molecular weight is 191 g/mol. The van der Waals surface area contributed by atoms with Crippen LogP contribution in [-0.4, -0.2) is 16.1 Å². The first-order chi connectivity index (χ1) is 6.84. The van der Waals surface area contributed by atoms with Gasteiger partial charge in [-0.2, -0.15) is 0 Å². The summed E-state index contributed by atoms with van der Waals surface area (Å²) >= 11 is 0. The summed E-state index contributed by atoms with van der Waals surface area (Å²) in [6.07, 6.45) is 5.89. The second-order valence-corrected chi connectivity index (χ2v) is 4.70. The Morgan fingerprint density at radius 2 is 2.36 bits per heavy atom. The molecule has 1 fully saturated rings. The van der Waals surface area contributed by atoms with Crippen molar-refractivity contribution in [3.63, 3.8) is 0 Å². The lowest BCUT2D eigenvalue weighted by Crippen LogP contribution is -2.29. The van der Waals surface area contributed by atoms with Crippen LogP contribution in [0.15, 0.2) is 6.33 Å². The van der Waals surface area contributed by atoms with Gasteiger partial charge >= 0.3 is 0 Å². The van der Waals surface area contributed by atoms with E-state index in [1.165, 1.54) is 24.2 Å². The fourth-order valence-corrected chi connectivity index (χ4v) is 2.66. The van der Waals surface area contributed by atoms with Gasteiger partial charge in [0.05, 0.1) is 12.0 Å². The van der Waals surface area contributed by atoms with Crippen LogP contribution in [0.4, 0.5) is 0 Å². The Balaban J connectivity index is 1.87. The van der Waals surface area contributed by atoms with E-state index in [-0.39, 0.29) is 0 Å². The monoisotopic (exact) mass is 191 g/mol. The number of rotatable bonds is 1. The SMILES string of the molecule is CC1CC(n2cnc3c2CCNC3)C1. The topological polar surface area (TPSA) is 29.9 Å². The Bertz CT molecular complexity index is 336. The van der Waals surface area contributed by atoms with E-state index in [1.54, 1.807) is 0 Å². The summed E-state index contributed by atoms with van der Waals surface area (Å²) in [7, 11) is 0. The molecule has 1 saturated carbocycles. The first-order valence-corrected chi connectivity index (χ1v) is 5.60. The maximum Gasteiger partial charge on any atom is 0.0954 e. The maximum absolute atomic E-state index is 4.49. The molecule has 2 aliphatic rings. The molecule has 0 spiro atoms. The van der Waals surface area contributed by atoms with Crippen LogP contribution in [0, 0.1) is 5.92 Å². The highest BCUT2D eigenvalue weighted by atomic mass is 15.1. The Kier molecular flexibility index (Phi) is 1.87. The molecule has 3 rings (SSSR count). The van der Waals surface area contributed by atoms with E-state index in [4.69, 9.17) is 0 Å². The van der Waals surface area contributed by atoms with Gasteiger partial charge in [0, 0.05) is 31.2 Å². The van der Waals surface area contributed by atoms with Gasteiger partial charge in [0.15, 0.2) is 0 Å². The standard InChI is InChI=1S/C11H17N3/c1-8-4-9(5-8)14-7-13-10-6-12-3-2-11(10)14/h7-9,12H,2-6H2,1H3. The fraction of sp³-hybridized carbons (Fsp3) is 0.727. The van der Waals surface area contributed by atoms with Crippen LogP contribution in [0.3, 0.4) is 0 Å². The van der Waals surface area contributed by atoms with Gasteiger partial charge in [0.1, 0.15) is 0 Å². The first kappa shape index (κ1) is 8.48. The molecule has 0 bridgehead atoms. The number of aromatic nitrogens is 2. The van der Waals surface area contributed by atoms with Crippen LogP contribution < -0.4 is 5.32 Å². The van der Waals surface area contributed by atoms with Crippen molar-refractivity contribution in [1.29, 1.82) is 0 Å². The zero-order chi connectivity index (χ0) is 9.54. The molecule has 2 heterocycles. The molecule has 0 saturated heterocycles. The van der Waals surface area contributed by atoms with Crippen LogP contribution in [-0.2, 0) is 13.0 Å². The minimum Gasteiger partial charge on any atom is -0.331 e. The zero-order valence-corrected chi connectivity index (χ0v) is 8.66. The van der Waals surface area contributed by atoms with Crippen LogP contribution in [0.25, 0.3) is 0 Å². The first-order valence-electron chi connectivity index (χ1n) is 5.60. The lowest BCUT2D eigenvalue weighted by Gasteiger charge is -2.35. The molecule has 0 radical (unpaired) electrons. The van der Waals surface area contributed by atoms with E-state index in [0.717, 1.165) is 31.5 Å². The third kappa shape index (κ3) is 1.19. The van der Waals surface area contributed by atoms with Crippen LogP contribution in [0.2, 0.25) is 0 Å². The van der Waals surface area contributed by atoms with Crippen molar-refractivity contribution >= 4 is 0 Å². The largest absolute Gasteiger partial charge is 0.331 e. The lowest BCUT2D eigenvalue weighted by atomic mass is 9.81. The number of nitrogens with one attached hydrogen (secondary N) is 1. The predicted octanol–water partition coefficient (Wildman–Crippen LogP) is 1.50. The average Bonchev–Trinajstić information content (AvgIpc) is 2.56. The Morgan fingerprint density at radius 3 is 3.14 bits per heavy atom. The van der Waals surface area contributed by atoms with Gasteiger partial charge in [-0.3, -0.25) is 0 Å². The van der Waals surface area contributed by atoms with Crippen molar-refractivity contribution in [1.82, 2.24) is 14.9 Å². The molecule has 0 atom stereocenters. The van der Waals surface area contributed by atoms with Gasteiger partial charge in [0.2, 0.25) is 0 Å². The van der Waals surface area contributed by atoms with E-state index in [2.05, 4.69) is 21.8 Å². The maximum atomic E-state index is 4.49.